The summed E-state index contributed by atoms with van der Waals surface area (Å²) in [6.07, 6.45) is 5.34. The van der Waals surface area contributed by atoms with Gasteiger partial charge in [-0.15, -0.1) is 0 Å². The summed E-state index contributed by atoms with van der Waals surface area (Å²) in [5.41, 5.74) is 0. The van der Waals surface area contributed by atoms with Gasteiger partial charge in [0.05, 0.1) is 13.2 Å². The van der Waals surface area contributed by atoms with Gasteiger partial charge in [0.2, 0.25) is 5.96 Å². The van der Waals surface area contributed by atoms with Crippen LogP contribution in [0.3, 0.4) is 0 Å². The fraction of sp³-hybridized carbons (Fsp3) is 0.714. The highest BCUT2D eigenvalue weighted by Crippen LogP contribution is 2.19. The van der Waals surface area contributed by atoms with E-state index in [1.807, 2.05) is 0 Å². The van der Waals surface area contributed by atoms with E-state index in [9.17, 15) is 0 Å². The van der Waals surface area contributed by atoms with Gasteiger partial charge in [0.15, 0.2) is 11.9 Å². The number of hydrogen-bond acceptors (Lipinski definition) is 7. The average Bonchev–Trinajstić information content (AvgIpc) is 3.04. The third kappa shape index (κ3) is 2.46. The first-order valence-electron chi connectivity index (χ1n) is 7.76. The second-order valence-corrected chi connectivity index (χ2v) is 5.68. The molecule has 2 fully saturated rings. The number of rotatable bonds is 0. The van der Waals surface area contributed by atoms with Gasteiger partial charge in [0.1, 0.15) is 12.2 Å². The summed E-state index contributed by atoms with van der Waals surface area (Å²) in [6.45, 7) is 5.31. The normalized spacial score (nSPS) is 29.0. The molecule has 0 aromatic heterocycles. The highest BCUT2D eigenvalue weighted by molar-refractivity contribution is 6.22. The molecule has 4 aliphatic rings. The van der Waals surface area contributed by atoms with Crippen LogP contribution in [-0.4, -0.2) is 79.2 Å². The Labute approximate surface area is 124 Å². The smallest absolute Gasteiger partial charge is 0.228 e. The standard InChI is InChI=1S/C14H20N6O/c1-2-4-20(5-3-1)14-17-12-11(15-10-16-12)13(18-14)19-6-8-21-9-7-19/h10-11H,1-9H2. The van der Waals surface area contributed by atoms with Crippen LogP contribution < -0.4 is 0 Å². The zero-order valence-electron chi connectivity index (χ0n) is 12.1. The number of morpholine rings is 1. The van der Waals surface area contributed by atoms with E-state index >= 15 is 0 Å². The molecule has 0 aromatic carbocycles. The number of fused-ring (bicyclic) bond motifs is 1. The molecular formula is C14H20N6O. The highest BCUT2D eigenvalue weighted by atomic mass is 16.5. The molecule has 0 amide bonds. The molecule has 0 N–H and O–H groups in total. The summed E-state index contributed by atoms with van der Waals surface area (Å²) in [5, 5.41) is 0. The van der Waals surface area contributed by atoms with Gasteiger partial charge in [-0.1, -0.05) is 0 Å². The van der Waals surface area contributed by atoms with E-state index in [4.69, 9.17) is 9.73 Å². The maximum Gasteiger partial charge on any atom is 0.228 e. The molecule has 2 saturated heterocycles. The minimum absolute atomic E-state index is 0.114. The number of nitrogens with zero attached hydrogens (tertiary/aromatic N) is 6. The Kier molecular flexibility index (Phi) is 3.42. The highest BCUT2D eigenvalue weighted by Gasteiger charge is 2.34. The molecule has 4 aliphatic heterocycles. The number of likely N-dealkylation sites (tertiary alicyclic amines) is 1. The Balaban J connectivity index is 1.62. The Bertz CT molecular complexity index is 526. The lowest BCUT2D eigenvalue weighted by Crippen LogP contribution is -2.50. The largest absolute Gasteiger partial charge is 0.378 e. The molecule has 0 aromatic rings. The summed E-state index contributed by atoms with van der Waals surface area (Å²) in [6, 6.07) is -0.114. The monoisotopic (exact) mass is 288 g/mol. The Hall–Kier alpha value is -1.76. The summed E-state index contributed by atoms with van der Waals surface area (Å²) < 4.78 is 5.44. The Morgan fingerprint density at radius 1 is 0.952 bits per heavy atom. The van der Waals surface area contributed by atoms with Gasteiger partial charge in [0.25, 0.3) is 0 Å². The summed E-state index contributed by atoms with van der Waals surface area (Å²) in [5.74, 6) is 2.59. The number of piperidine rings is 1. The first-order valence-corrected chi connectivity index (χ1v) is 7.76. The lowest BCUT2D eigenvalue weighted by atomic mass is 10.1. The van der Waals surface area contributed by atoms with Gasteiger partial charge in [0, 0.05) is 26.2 Å². The molecular weight excluding hydrogens is 268 g/mol. The first kappa shape index (κ1) is 12.9. The van der Waals surface area contributed by atoms with Crippen molar-refractivity contribution in [1.82, 2.24) is 9.80 Å². The number of ether oxygens (including phenoxy) is 1. The van der Waals surface area contributed by atoms with Crippen molar-refractivity contribution >= 4 is 24.0 Å². The topological polar surface area (TPSA) is 65.2 Å². The number of aliphatic imine (C=N–C) groups is 4. The SMILES string of the molecule is C1=NC2C(=N1)N=C(N1CCCCC1)N=C2N1CCOCC1. The second-order valence-electron chi connectivity index (χ2n) is 5.68. The molecule has 1 atom stereocenters. The van der Waals surface area contributed by atoms with Crippen molar-refractivity contribution < 1.29 is 4.74 Å². The van der Waals surface area contributed by atoms with E-state index in [1.165, 1.54) is 19.3 Å². The van der Waals surface area contributed by atoms with Crippen molar-refractivity contribution in [1.29, 1.82) is 0 Å². The van der Waals surface area contributed by atoms with Crippen molar-refractivity contribution in [2.45, 2.75) is 25.3 Å². The van der Waals surface area contributed by atoms with Crippen LogP contribution in [0, 0.1) is 0 Å². The summed E-state index contributed by atoms with van der Waals surface area (Å²) in [7, 11) is 0. The lowest BCUT2D eigenvalue weighted by Gasteiger charge is -2.35. The van der Waals surface area contributed by atoms with Crippen LogP contribution in [0.5, 0.6) is 0 Å². The van der Waals surface area contributed by atoms with Crippen LogP contribution in [0.25, 0.3) is 0 Å². The first-order chi connectivity index (χ1) is 10.4. The fourth-order valence-corrected chi connectivity index (χ4v) is 3.13. The van der Waals surface area contributed by atoms with Gasteiger partial charge in [-0.3, -0.25) is 4.99 Å². The maximum atomic E-state index is 5.44. The van der Waals surface area contributed by atoms with Crippen LogP contribution in [0.15, 0.2) is 20.0 Å². The number of guanidine groups is 1. The minimum atomic E-state index is -0.114. The van der Waals surface area contributed by atoms with E-state index in [-0.39, 0.29) is 6.04 Å². The van der Waals surface area contributed by atoms with Crippen LogP contribution in [0.4, 0.5) is 0 Å². The third-order valence-electron chi connectivity index (χ3n) is 4.30. The lowest BCUT2D eigenvalue weighted by molar-refractivity contribution is 0.0672. The quantitative estimate of drug-likeness (QED) is 0.647. The van der Waals surface area contributed by atoms with Crippen LogP contribution in [0.2, 0.25) is 0 Å². The predicted octanol–water partition coefficient (Wildman–Crippen LogP) is 0.382. The molecule has 21 heavy (non-hydrogen) atoms. The third-order valence-corrected chi connectivity index (χ3v) is 4.30. The van der Waals surface area contributed by atoms with Crippen LogP contribution >= 0.6 is 0 Å². The van der Waals surface area contributed by atoms with Crippen LogP contribution in [-0.2, 0) is 4.74 Å². The molecule has 0 bridgehead atoms. The molecule has 1 unspecified atom stereocenters. The van der Waals surface area contributed by atoms with E-state index in [1.54, 1.807) is 6.34 Å². The molecule has 112 valence electrons. The molecule has 0 saturated carbocycles. The van der Waals surface area contributed by atoms with E-state index in [2.05, 4.69) is 24.8 Å². The maximum absolute atomic E-state index is 5.44. The molecule has 7 heteroatoms. The molecule has 0 radical (unpaired) electrons. The van der Waals surface area contributed by atoms with Gasteiger partial charge in [-0.05, 0) is 19.3 Å². The van der Waals surface area contributed by atoms with Crippen LogP contribution in [0.1, 0.15) is 19.3 Å². The van der Waals surface area contributed by atoms with Gasteiger partial charge in [-0.25, -0.2) is 4.99 Å². The average molecular weight is 288 g/mol. The zero-order valence-corrected chi connectivity index (χ0v) is 12.1. The fourth-order valence-electron chi connectivity index (χ4n) is 3.13. The summed E-state index contributed by atoms with van der Waals surface area (Å²) >= 11 is 0. The van der Waals surface area contributed by atoms with Crippen molar-refractivity contribution in [3.05, 3.63) is 0 Å². The molecule has 0 aliphatic carbocycles. The van der Waals surface area contributed by atoms with Gasteiger partial charge >= 0.3 is 0 Å². The summed E-state index contributed by atoms with van der Waals surface area (Å²) in [4.78, 5) is 22.8. The predicted molar refractivity (Wildman–Crippen MR) is 82.4 cm³/mol. The van der Waals surface area contributed by atoms with Crippen molar-refractivity contribution in [2.75, 3.05) is 39.4 Å². The number of hydrogen-bond donors (Lipinski definition) is 0. The van der Waals surface area contributed by atoms with Crippen molar-refractivity contribution in [3.8, 4) is 0 Å². The molecule has 4 heterocycles. The van der Waals surface area contributed by atoms with Crippen molar-refractivity contribution in [2.24, 2.45) is 20.0 Å². The van der Waals surface area contributed by atoms with E-state index in [0.717, 1.165) is 57.0 Å². The molecule has 4 rings (SSSR count). The number of amidine groups is 2. The Morgan fingerprint density at radius 2 is 1.76 bits per heavy atom. The van der Waals surface area contributed by atoms with Gasteiger partial charge in [-0.2, -0.15) is 9.98 Å². The Morgan fingerprint density at radius 3 is 2.57 bits per heavy atom. The van der Waals surface area contributed by atoms with Gasteiger partial charge < -0.3 is 14.5 Å². The van der Waals surface area contributed by atoms with E-state index < -0.39 is 0 Å². The zero-order chi connectivity index (χ0) is 14.1. The second kappa shape index (κ2) is 5.55. The van der Waals surface area contributed by atoms with Crippen molar-refractivity contribution in [3.63, 3.8) is 0 Å². The van der Waals surface area contributed by atoms with E-state index in [0.29, 0.717) is 0 Å². The molecule has 0 spiro atoms. The molecule has 7 nitrogen and oxygen atoms in total. The minimum Gasteiger partial charge on any atom is -0.378 e.